The zero-order chi connectivity index (χ0) is 48.8. The molecule has 2 aromatic carbocycles. The van der Waals surface area contributed by atoms with E-state index in [0.717, 1.165) is 84.0 Å². The maximum Gasteiger partial charge on any atom is 0.338 e. The molecule has 4 aromatic heterocycles. The van der Waals surface area contributed by atoms with Gasteiger partial charge in [-0.15, -0.1) is 5.10 Å². The SMILES string of the molecule is O=C(OCCCCCCCCCCCCn1cc(COc2ccc(-c3cc(-c4ccccn4)nc(-c4ccccn4)c3)cc2)nn1)c1ccc2c(c1)OCCOCCOCCOCCOCCOCCO2. The minimum atomic E-state index is -0.383. The molecule has 16 heteroatoms. The van der Waals surface area contributed by atoms with E-state index in [1.54, 1.807) is 30.6 Å². The third-order valence-electron chi connectivity index (χ3n) is 11.5. The zero-order valence-electron chi connectivity index (χ0n) is 40.8. The molecule has 6 aromatic rings. The lowest BCUT2D eigenvalue weighted by Crippen LogP contribution is -2.14. The average Bonchev–Trinajstić information content (AvgIpc) is 3.88. The molecule has 0 fully saturated rings. The first kappa shape index (κ1) is 52.5. The molecule has 0 atom stereocenters. The summed E-state index contributed by atoms with van der Waals surface area (Å²) < 4.78 is 53.3. The van der Waals surface area contributed by atoms with Gasteiger partial charge in [0.05, 0.1) is 107 Å². The van der Waals surface area contributed by atoms with E-state index in [0.29, 0.717) is 103 Å². The number of pyridine rings is 3. The van der Waals surface area contributed by atoms with Crippen LogP contribution in [0.3, 0.4) is 0 Å². The first-order chi connectivity index (χ1) is 35.2. The number of ether oxygens (including phenoxy) is 9. The van der Waals surface area contributed by atoms with Crippen LogP contribution in [-0.2, 0) is 41.6 Å². The van der Waals surface area contributed by atoms with Gasteiger partial charge in [-0.3, -0.25) is 14.6 Å². The molecule has 0 bridgehead atoms. The Bertz CT molecular complexity index is 2350. The van der Waals surface area contributed by atoms with Crippen LogP contribution in [0, 0.1) is 0 Å². The molecule has 16 nitrogen and oxygen atoms in total. The van der Waals surface area contributed by atoms with Crippen molar-refractivity contribution in [2.75, 3.05) is 85.9 Å². The summed E-state index contributed by atoms with van der Waals surface area (Å²) in [5.74, 6) is 1.35. The standard InChI is InChI=1S/C55H68N6O10/c62-55(45-19-22-53-54(41-45)69-38-36-67-34-32-65-30-28-63-27-29-64-31-33-66-35-37-68-53)70-26-14-8-6-4-2-1-3-5-7-13-25-61-42-47(59-60-61)43-71-48-20-17-44(18-21-48)46-39-51(49-15-9-11-23-56-49)58-52(40-46)50-16-10-12-24-57-50/h9-12,15-24,39-42H,1-8,13-14,25-38,43H2. The summed E-state index contributed by atoms with van der Waals surface area (Å²) in [4.78, 5) is 26.9. The topological polar surface area (TPSA) is 170 Å². The summed E-state index contributed by atoms with van der Waals surface area (Å²) in [5.41, 5.74) is 6.44. The fraction of sp³-hybridized carbons (Fsp3) is 0.455. The normalized spacial score (nSPS) is 14.5. The van der Waals surface area contributed by atoms with Gasteiger partial charge in [0.2, 0.25) is 0 Å². The Morgan fingerprint density at radius 2 is 1.06 bits per heavy atom. The molecule has 1 aliphatic heterocycles. The Morgan fingerprint density at radius 3 is 1.62 bits per heavy atom. The molecule has 0 radical (unpaired) electrons. The summed E-state index contributed by atoms with van der Waals surface area (Å²) in [5, 5.41) is 8.67. The number of benzene rings is 2. The highest BCUT2D eigenvalue weighted by Gasteiger charge is 2.15. The van der Waals surface area contributed by atoms with Crippen molar-refractivity contribution in [1.29, 1.82) is 0 Å². The van der Waals surface area contributed by atoms with Crippen molar-refractivity contribution in [2.24, 2.45) is 0 Å². The molecule has 0 spiro atoms. The number of aromatic nitrogens is 6. The first-order valence-electron chi connectivity index (χ1n) is 25.1. The van der Waals surface area contributed by atoms with Crippen molar-refractivity contribution in [3.05, 3.63) is 121 Å². The average molecular weight is 973 g/mol. The van der Waals surface area contributed by atoms with E-state index in [1.165, 1.54) is 32.1 Å². The number of unbranched alkanes of at least 4 members (excludes halogenated alkanes) is 9. The number of nitrogens with zero attached hydrogens (tertiary/aromatic N) is 6. The third kappa shape index (κ3) is 19.1. The smallest absolute Gasteiger partial charge is 0.338 e. The maximum atomic E-state index is 12.9. The Labute approximate surface area is 417 Å². The van der Waals surface area contributed by atoms with Crippen molar-refractivity contribution in [3.8, 4) is 51.2 Å². The highest BCUT2D eigenvalue weighted by molar-refractivity contribution is 5.90. The monoisotopic (exact) mass is 972 g/mol. The van der Waals surface area contributed by atoms with Gasteiger partial charge >= 0.3 is 5.97 Å². The van der Waals surface area contributed by atoms with E-state index in [9.17, 15) is 4.79 Å². The Morgan fingerprint density at radius 1 is 0.521 bits per heavy atom. The molecule has 71 heavy (non-hydrogen) atoms. The number of carbonyl (C=O) groups is 1. The van der Waals surface area contributed by atoms with Crippen molar-refractivity contribution < 1.29 is 47.4 Å². The van der Waals surface area contributed by atoms with E-state index in [-0.39, 0.29) is 12.6 Å². The van der Waals surface area contributed by atoms with Crippen LogP contribution in [0.25, 0.3) is 33.9 Å². The molecular weight excluding hydrogens is 905 g/mol. The highest BCUT2D eigenvalue weighted by Crippen LogP contribution is 2.31. The Kier molecular flexibility index (Phi) is 23.0. The quantitative estimate of drug-likeness (QED) is 0.0523. The number of rotatable bonds is 20. The predicted molar refractivity (Wildman–Crippen MR) is 268 cm³/mol. The summed E-state index contributed by atoms with van der Waals surface area (Å²) in [7, 11) is 0. The predicted octanol–water partition coefficient (Wildman–Crippen LogP) is 9.66. The fourth-order valence-electron chi connectivity index (χ4n) is 7.71. The maximum absolute atomic E-state index is 12.9. The second-order valence-corrected chi connectivity index (χ2v) is 16.9. The molecule has 5 heterocycles. The van der Waals surface area contributed by atoms with Crippen LogP contribution in [0.1, 0.15) is 80.3 Å². The number of hydrogen-bond donors (Lipinski definition) is 0. The number of fused-ring (bicyclic) bond motifs is 1. The largest absolute Gasteiger partial charge is 0.487 e. The Balaban J connectivity index is 0.722. The van der Waals surface area contributed by atoms with Gasteiger partial charge in [0.15, 0.2) is 11.5 Å². The zero-order valence-corrected chi connectivity index (χ0v) is 40.8. The van der Waals surface area contributed by atoms with E-state index < -0.39 is 0 Å². The van der Waals surface area contributed by atoms with Crippen molar-refractivity contribution in [1.82, 2.24) is 29.9 Å². The minimum absolute atomic E-state index is 0.286. The van der Waals surface area contributed by atoms with Gasteiger partial charge < -0.3 is 42.6 Å². The number of carbonyl (C=O) groups excluding carboxylic acids is 1. The minimum Gasteiger partial charge on any atom is -0.487 e. The summed E-state index contributed by atoms with van der Waals surface area (Å²) in [6, 6.07) is 28.9. The summed E-state index contributed by atoms with van der Waals surface area (Å²) in [6.45, 7) is 6.72. The van der Waals surface area contributed by atoms with Crippen LogP contribution < -0.4 is 14.2 Å². The lowest BCUT2D eigenvalue weighted by Gasteiger charge is -2.14. The number of esters is 1. The van der Waals surface area contributed by atoms with Crippen LogP contribution in [0.15, 0.2) is 110 Å². The van der Waals surface area contributed by atoms with Gasteiger partial charge in [-0.2, -0.15) is 0 Å². The molecule has 0 saturated heterocycles. The number of aryl methyl sites for hydroxylation is 1. The van der Waals surface area contributed by atoms with Gasteiger partial charge in [-0.1, -0.05) is 80.8 Å². The van der Waals surface area contributed by atoms with Gasteiger partial charge in [0.1, 0.15) is 31.3 Å². The van der Waals surface area contributed by atoms with E-state index in [4.69, 9.17) is 47.6 Å². The second-order valence-electron chi connectivity index (χ2n) is 16.9. The van der Waals surface area contributed by atoms with Crippen LogP contribution in [0.4, 0.5) is 0 Å². The first-order valence-corrected chi connectivity index (χ1v) is 25.1. The lowest BCUT2D eigenvalue weighted by molar-refractivity contribution is -0.0134. The van der Waals surface area contributed by atoms with Gasteiger partial charge in [-0.05, 0) is 90.7 Å². The molecule has 0 saturated carbocycles. The second kappa shape index (κ2) is 31.1. The summed E-state index contributed by atoms with van der Waals surface area (Å²) >= 11 is 0. The fourth-order valence-corrected chi connectivity index (χ4v) is 7.71. The van der Waals surface area contributed by atoms with Crippen molar-refractivity contribution in [2.45, 2.75) is 77.4 Å². The molecule has 1 aliphatic rings. The van der Waals surface area contributed by atoms with Gasteiger partial charge in [-0.25, -0.2) is 9.78 Å². The molecule has 0 unspecified atom stereocenters. The summed E-state index contributed by atoms with van der Waals surface area (Å²) in [6.07, 6.45) is 16.8. The Hall–Kier alpha value is -6.30. The van der Waals surface area contributed by atoms with Crippen molar-refractivity contribution in [3.63, 3.8) is 0 Å². The van der Waals surface area contributed by atoms with Gasteiger partial charge in [0, 0.05) is 18.9 Å². The molecular formula is C55H68N6O10. The van der Waals surface area contributed by atoms with Gasteiger partial charge in [0.25, 0.3) is 0 Å². The molecule has 378 valence electrons. The molecule has 0 amide bonds. The van der Waals surface area contributed by atoms with Crippen LogP contribution in [0.5, 0.6) is 17.2 Å². The number of hydrogen-bond acceptors (Lipinski definition) is 15. The van der Waals surface area contributed by atoms with E-state index >= 15 is 0 Å². The lowest BCUT2D eigenvalue weighted by atomic mass is 10.0. The van der Waals surface area contributed by atoms with Crippen LogP contribution in [0.2, 0.25) is 0 Å². The van der Waals surface area contributed by atoms with E-state index in [2.05, 4.69) is 44.5 Å². The van der Waals surface area contributed by atoms with E-state index in [1.807, 2.05) is 59.4 Å². The molecule has 0 aliphatic carbocycles. The molecule has 0 N–H and O–H groups in total. The highest BCUT2D eigenvalue weighted by atomic mass is 16.6. The van der Waals surface area contributed by atoms with Crippen LogP contribution in [-0.4, -0.2) is 122 Å². The van der Waals surface area contributed by atoms with Crippen molar-refractivity contribution >= 4 is 5.97 Å². The third-order valence-corrected chi connectivity index (χ3v) is 11.5. The van der Waals surface area contributed by atoms with Crippen LogP contribution >= 0.6 is 0 Å². The molecule has 7 rings (SSSR count).